The molecule has 1 atom stereocenters. The van der Waals surface area contributed by atoms with Crippen molar-refractivity contribution in [3.8, 4) is 0 Å². The third kappa shape index (κ3) is 8.80. The molecule has 0 radical (unpaired) electrons. The molecule has 3 aromatic rings. The maximum Gasteiger partial charge on any atom is 0.341 e. The van der Waals surface area contributed by atoms with Crippen molar-refractivity contribution in [2.75, 3.05) is 13.2 Å². The number of carbonyl (C=O) groups is 3. The van der Waals surface area contributed by atoms with Crippen LogP contribution >= 0.6 is 0 Å². The third-order valence-electron chi connectivity index (χ3n) is 6.80. The van der Waals surface area contributed by atoms with Crippen LogP contribution in [0.25, 0.3) is 27.6 Å². The van der Waals surface area contributed by atoms with Gasteiger partial charge < -0.3 is 25.1 Å². The zero-order valence-electron chi connectivity index (χ0n) is 23.9. The van der Waals surface area contributed by atoms with Crippen molar-refractivity contribution in [1.29, 1.82) is 5.41 Å². The molecule has 1 aliphatic rings. The average molecular weight is 572 g/mol. The summed E-state index contributed by atoms with van der Waals surface area (Å²) in [6.07, 6.45) is 6.52. The summed E-state index contributed by atoms with van der Waals surface area (Å²) in [6.45, 7) is 9.74. The van der Waals surface area contributed by atoms with Crippen LogP contribution in [0.3, 0.4) is 0 Å². The number of nitrogens with one attached hydrogen (secondary N) is 1. The molecule has 1 aliphatic heterocycles. The Balaban J connectivity index is 0.000000467. The van der Waals surface area contributed by atoms with E-state index in [2.05, 4.69) is 19.2 Å². The van der Waals surface area contributed by atoms with E-state index in [-0.39, 0.29) is 23.9 Å². The van der Waals surface area contributed by atoms with E-state index in [4.69, 9.17) is 25.1 Å². The number of benzene rings is 3. The molecule has 1 heterocycles. The summed E-state index contributed by atoms with van der Waals surface area (Å²) in [7, 11) is 0. The number of aliphatic hydroxyl groups excluding tert-OH is 1. The lowest BCUT2D eigenvalue weighted by molar-refractivity contribution is -0.154. The monoisotopic (exact) mass is 571 g/mol. The molecular formula is C34H37NO7. The van der Waals surface area contributed by atoms with Gasteiger partial charge in [0.2, 0.25) is 0 Å². The van der Waals surface area contributed by atoms with Gasteiger partial charge in [0, 0.05) is 35.1 Å². The van der Waals surface area contributed by atoms with Gasteiger partial charge in [0.05, 0.1) is 12.7 Å². The molecule has 3 aromatic carbocycles. The van der Waals surface area contributed by atoms with E-state index in [9.17, 15) is 14.4 Å². The van der Waals surface area contributed by atoms with Crippen LogP contribution in [0, 0.1) is 5.41 Å². The summed E-state index contributed by atoms with van der Waals surface area (Å²) >= 11 is 0. The highest BCUT2D eigenvalue weighted by Gasteiger charge is 2.24. The van der Waals surface area contributed by atoms with Crippen molar-refractivity contribution < 1.29 is 34.1 Å². The van der Waals surface area contributed by atoms with Crippen molar-refractivity contribution in [3.05, 3.63) is 89.5 Å². The third-order valence-corrected chi connectivity index (χ3v) is 6.80. The van der Waals surface area contributed by atoms with Crippen LogP contribution in [0.2, 0.25) is 0 Å². The Hall–Kier alpha value is -4.40. The molecule has 0 saturated carbocycles. The second kappa shape index (κ2) is 15.6. The number of rotatable bonds is 13. The molecule has 1 unspecified atom stereocenters. The van der Waals surface area contributed by atoms with Crippen LogP contribution in [0.5, 0.6) is 0 Å². The second-order valence-electron chi connectivity index (χ2n) is 10.0. The van der Waals surface area contributed by atoms with Crippen molar-refractivity contribution >= 4 is 51.7 Å². The largest absolute Gasteiger partial charge is 0.478 e. The molecule has 0 bridgehead atoms. The first-order chi connectivity index (χ1) is 20.2. The van der Waals surface area contributed by atoms with Gasteiger partial charge in [-0.05, 0) is 71.4 Å². The first kappa shape index (κ1) is 32.1. The molecule has 1 saturated heterocycles. The number of aliphatic hydroxyl groups is 1. The first-order valence-electron chi connectivity index (χ1n) is 13.9. The fourth-order valence-corrected chi connectivity index (χ4v) is 4.44. The van der Waals surface area contributed by atoms with Crippen molar-refractivity contribution in [2.24, 2.45) is 0 Å². The number of epoxide rings is 1. The van der Waals surface area contributed by atoms with Crippen LogP contribution in [-0.4, -0.2) is 53.7 Å². The maximum atomic E-state index is 12.9. The highest BCUT2D eigenvalue weighted by molar-refractivity contribution is 6.15. The van der Waals surface area contributed by atoms with Gasteiger partial charge in [0.15, 0.2) is 0 Å². The minimum Gasteiger partial charge on any atom is -0.478 e. The number of aliphatic carboxylic acids is 1. The van der Waals surface area contributed by atoms with Crippen LogP contribution in [0.4, 0.5) is 0 Å². The topological polar surface area (TPSA) is 137 Å². The number of hydrogen-bond acceptors (Lipinski definition) is 7. The quantitative estimate of drug-likeness (QED) is 0.0541. The summed E-state index contributed by atoms with van der Waals surface area (Å²) in [4.78, 5) is 35.3. The Morgan fingerprint density at radius 1 is 1.02 bits per heavy atom. The lowest BCUT2D eigenvalue weighted by Gasteiger charge is -2.12. The highest BCUT2D eigenvalue weighted by atomic mass is 16.6. The molecule has 8 nitrogen and oxygen atoms in total. The molecule has 0 aliphatic carbocycles. The molecule has 4 rings (SSSR count). The summed E-state index contributed by atoms with van der Waals surface area (Å²) in [6, 6.07) is 15.9. The van der Waals surface area contributed by atoms with Crippen LogP contribution in [0.1, 0.15) is 56.6 Å². The Bertz CT molecular complexity index is 1530. The average Bonchev–Trinajstić information content (AvgIpc) is 3.82. The SMILES string of the molecule is C=C(CCC1CO1)C(=O)OC(=O)C(=Cc1cccc2cc3ccccc3c(C=N)c12)CCC.C=C(CCCO)C(=O)O. The Morgan fingerprint density at radius 3 is 2.38 bits per heavy atom. The number of fused-ring (bicyclic) bond motifs is 2. The molecular weight excluding hydrogens is 534 g/mol. The van der Waals surface area contributed by atoms with E-state index in [1.807, 2.05) is 49.4 Å². The fraction of sp³-hybridized carbons (Fsp3) is 0.294. The van der Waals surface area contributed by atoms with Gasteiger partial charge in [-0.2, -0.15) is 0 Å². The molecule has 42 heavy (non-hydrogen) atoms. The Labute approximate surface area is 245 Å². The van der Waals surface area contributed by atoms with Crippen LogP contribution in [-0.2, 0) is 23.9 Å². The van der Waals surface area contributed by atoms with E-state index in [1.54, 1.807) is 6.08 Å². The summed E-state index contributed by atoms with van der Waals surface area (Å²) < 4.78 is 10.3. The van der Waals surface area contributed by atoms with E-state index >= 15 is 0 Å². The van der Waals surface area contributed by atoms with E-state index in [0.717, 1.165) is 39.1 Å². The summed E-state index contributed by atoms with van der Waals surface area (Å²) in [5.41, 5.74) is 2.46. The van der Waals surface area contributed by atoms with Crippen molar-refractivity contribution in [3.63, 3.8) is 0 Å². The van der Waals surface area contributed by atoms with Crippen LogP contribution in [0.15, 0.2) is 78.4 Å². The molecule has 0 aromatic heterocycles. The zero-order chi connectivity index (χ0) is 30.6. The van der Waals surface area contributed by atoms with Gasteiger partial charge in [0.25, 0.3) is 0 Å². The minimum atomic E-state index is -0.983. The van der Waals surface area contributed by atoms with E-state index in [0.29, 0.717) is 44.3 Å². The van der Waals surface area contributed by atoms with Gasteiger partial charge in [-0.3, -0.25) is 0 Å². The number of ether oxygens (including phenoxy) is 2. The molecule has 3 N–H and O–H groups in total. The number of carboxylic acid groups (broad SMARTS) is 1. The normalized spacial score (nSPS) is 14.0. The predicted octanol–water partition coefficient (Wildman–Crippen LogP) is 6.38. The number of carboxylic acids is 1. The van der Waals surface area contributed by atoms with Gasteiger partial charge >= 0.3 is 17.9 Å². The van der Waals surface area contributed by atoms with Crippen LogP contribution < -0.4 is 0 Å². The smallest absolute Gasteiger partial charge is 0.341 e. The first-order valence-corrected chi connectivity index (χ1v) is 13.9. The summed E-state index contributed by atoms with van der Waals surface area (Å²) in [5.74, 6) is -2.32. The number of esters is 2. The Kier molecular flexibility index (Phi) is 11.9. The lowest BCUT2D eigenvalue weighted by atomic mass is 9.93. The van der Waals surface area contributed by atoms with Gasteiger partial charge in [-0.1, -0.05) is 69.0 Å². The highest BCUT2D eigenvalue weighted by Crippen LogP contribution is 2.31. The van der Waals surface area contributed by atoms with Gasteiger partial charge in [0.1, 0.15) is 0 Å². The maximum absolute atomic E-state index is 12.9. The minimum absolute atomic E-state index is 0.0201. The number of carbonyl (C=O) groups excluding carboxylic acids is 2. The predicted molar refractivity (Wildman–Crippen MR) is 165 cm³/mol. The molecule has 0 amide bonds. The van der Waals surface area contributed by atoms with Crippen molar-refractivity contribution in [2.45, 2.75) is 51.6 Å². The lowest BCUT2D eigenvalue weighted by Crippen LogP contribution is -2.16. The molecule has 8 heteroatoms. The van der Waals surface area contributed by atoms with Gasteiger partial charge in [-0.15, -0.1) is 0 Å². The second-order valence-corrected chi connectivity index (χ2v) is 10.0. The molecule has 0 spiro atoms. The molecule has 1 fully saturated rings. The standard InChI is InChI=1S/C28H27NO4.C6H10O3/c1-3-7-22(28(31)33-27(30)18(2)12-13-23-17-32-23)15-21-10-6-9-20-14-19-8-4-5-11-24(19)25(16-29)26(20)21;1-5(6(8)9)3-2-4-7/h4-6,8-11,14-16,23,29H,2-3,7,12-13,17H2,1H3;7H,1-4H2,(H,8,9). The van der Waals surface area contributed by atoms with Crippen molar-refractivity contribution in [1.82, 2.24) is 0 Å². The fourth-order valence-electron chi connectivity index (χ4n) is 4.44. The summed E-state index contributed by atoms with van der Waals surface area (Å²) in [5, 5.41) is 28.5. The van der Waals surface area contributed by atoms with E-state index in [1.165, 1.54) is 6.21 Å². The zero-order valence-corrected chi connectivity index (χ0v) is 23.9. The number of hydrogen-bond donors (Lipinski definition) is 3. The molecule has 220 valence electrons. The Morgan fingerprint density at radius 2 is 1.74 bits per heavy atom. The van der Waals surface area contributed by atoms with E-state index < -0.39 is 17.9 Å². The van der Waals surface area contributed by atoms with Gasteiger partial charge in [-0.25, -0.2) is 14.4 Å².